The average molecular weight is 695 g/mol. The Balaban J connectivity index is -0.000000443. The zero-order valence-corrected chi connectivity index (χ0v) is 22.4. The van der Waals surface area contributed by atoms with Crippen LogP contribution in [-0.2, 0) is 39.0 Å². The number of hydrogen-bond donors (Lipinski definition) is 0. The first kappa shape index (κ1) is 38.2. The van der Waals surface area contributed by atoms with Gasteiger partial charge in [0.25, 0.3) is 0 Å². The van der Waals surface area contributed by atoms with Crippen LogP contribution < -0.4 is 30.6 Å². The van der Waals surface area contributed by atoms with Crippen molar-refractivity contribution in [2.45, 2.75) is 0 Å². The third-order valence-electron chi connectivity index (χ3n) is 3.18. The number of nitrogens with zero attached hydrogens (tertiary/aromatic N) is 4. The van der Waals surface area contributed by atoms with Crippen LogP contribution in [0.5, 0.6) is 0 Å². The zero-order valence-electron chi connectivity index (χ0n) is 18.9. The predicted molar refractivity (Wildman–Crippen MR) is 111 cm³/mol. The van der Waals surface area contributed by atoms with Gasteiger partial charge in [-0.3, -0.25) is 19.9 Å². The number of carbonyl (C=O) groups is 3. The number of rotatable bonds is 2. The number of carboxylic acid groups (broad SMARTS) is 6. The molecule has 0 saturated heterocycles. The van der Waals surface area contributed by atoms with Crippen LogP contribution in [0, 0.1) is 0 Å². The molecule has 0 spiro atoms. The van der Waals surface area contributed by atoms with Crippen molar-refractivity contribution < 1.29 is 84.0 Å². The van der Waals surface area contributed by atoms with Gasteiger partial charge in [0.1, 0.15) is 0 Å². The second kappa shape index (κ2) is 24.4. The van der Waals surface area contributed by atoms with Crippen LogP contribution >= 0.6 is 0 Å². The van der Waals surface area contributed by atoms with Gasteiger partial charge in [-0.25, -0.2) is 0 Å². The Labute approximate surface area is 242 Å². The minimum Gasteiger partial charge on any atom is -0.652 e. The van der Waals surface area contributed by atoms with E-state index in [4.69, 9.17) is 45.0 Å². The van der Waals surface area contributed by atoms with Crippen LogP contribution in [0.1, 0.15) is 0 Å². The van der Waals surface area contributed by atoms with Gasteiger partial charge < -0.3 is 45.0 Å². The van der Waals surface area contributed by atoms with Crippen molar-refractivity contribution in [3.05, 3.63) is 97.6 Å². The summed E-state index contributed by atoms with van der Waals surface area (Å²) >= 11 is 0. The molecule has 0 atom stereocenters. The molecule has 0 fully saturated rings. The molecule has 4 heterocycles. The molecule has 4 aromatic heterocycles. The van der Waals surface area contributed by atoms with E-state index in [1.54, 1.807) is 24.8 Å². The fourth-order valence-corrected chi connectivity index (χ4v) is 2.06. The van der Waals surface area contributed by atoms with E-state index in [9.17, 15) is 0 Å². The van der Waals surface area contributed by atoms with Gasteiger partial charge in [0.15, 0.2) is 0 Å². The Morgan fingerprint density at radius 3 is 0.658 bits per heavy atom. The van der Waals surface area contributed by atoms with Crippen molar-refractivity contribution in [2.75, 3.05) is 0 Å². The molecular formula is C23H16N4O9Ru2. The number of aromatic nitrogens is 4. The van der Waals surface area contributed by atoms with Crippen molar-refractivity contribution >= 4 is 18.5 Å². The summed E-state index contributed by atoms with van der Waals surface area (Å²) in [5, 5.41) is 50.0. The van der Waals surface area contributed by atoms with E-state index in [0.717, 1.165) is 22.8 Å². The van der Waals surface area contributed by atoms with E-state index < -0.39 is 18.5 Å². The second-order valence-corrected chi connectivity index (χ2v) is 5.61. The fraction of sp³-hybridized carbons (Fsp3) is 0. The molecule has 0 N–H and O–H groups in total. The second-order valence-electron chi connectivity index (χ2n) is 5.61. The standard InChI is InChI=1S/2C10H8N2.3CH2O3.2Ru/c2*1-3-7-11-9(5-1)10-6-2-4-8-12-10;3*2-1(3)4;;/h2*1-8H;3*(H2,2,3,4);;/q;;;;;2*+3/p-6. The molecule has 0 aliphatic carbocycles. The summed E-state index contributed by atoms with van der Waals surface area (Å²) in [6.45, 7) is 0. The molecule has 38 heavy (non-hydrogen) atoms. The third kappa shape index (κ3) is 23.4. The molecule has 15 heteroatoms. The molecule has 0 amide bonds. The quantitative estimate of drug-likeness (QED) is 0.190. The van der Waals surface area contributed by atoms with Crippen molar-refractivity contribution in [3.63, 3.8) is 0 Å². The van der Waals surface area contributed by atoms with Crippen molar-refractivity contribution in [1.82, 2.24) is 19.9 Å². The molecule has 0 aliphatic rings. The zero-order chi connectivity index (χ0) is 27.2. The molecular weight excluding hydrogens is 678 g/mol. The van der Waals surface area contributed by atoms with Crippen molar-refractivity contribution in [1.29, 1.82) is 0 Å². The summed E-state index contributed by atoms with van der Waals surface area (Å²) in [5.74, 6) is 0. The van der Waals surface area contributed by atoms with E-state index in [-0.39, 0.29) is 39.0 Å². The molecule has 0 saturated carbocycles. The molecule has 0 aromatic carbocycles. The predicted octanol–water partition coefficient (Wildman–Crippen LogP) is -3.06. The molecule has 0 bridgehead atoms. The first-order valence-electron chi connectivity index (χ1n) is 9.42. The third-order valence-corrected chi connectivity index (χ3v) is 3.18. The van der Waals surface area contributed by atoms with Crippen LogP contribution in [0.4, 0.5) is 14.4 Å². The first-order chi connectivity index (χ1) is 17.1. The molecule has 0 unspecified atom stereocenters. The molecule has 4 aromatic rings. The molecule has 2 radical (unpaired) electrons. The minimum atomic E-state index is -2.33. The number of pyridine rings is 4. The SMILES string of the molecule is O=C([O-])[O-].O=C([O-])[O-].O=C([O-])[O-].[Ru+3].[Ru+3].c1ccc(-c2ccccn2)nc1.c1ccc(-c2ccccn2)nc1. The van der Waals surface area contributed by atoms with Gasteiger partial charge in [-0.05, 0) is 67.0 Å². The summed E-state index contributed by atoms with van der Waals surface area (Å²) in [7, 11) is 0. The van der Waals surface area contributed by atoms with E-state index in [2.05, 4.69) is 19.9 Å². The smallest absolute Gasteiger partial charge is 0.652 e. The fourth-order valence-electron chi connectivity index (χ4n) is 2.06. The molecule has 198 valence electrons. The summed E-state index contributed by atoms with van der Waals surface area (Å²) in [5.41, 5.74) is 3.66. The maximum Gasteiger partial charge on any atom is 3.00 e. The Bertz CT molecular complexity index is 956. The normalized spacial score (nSPS) is 8.00. The topological polar surface area (TPSA) is 241 Å². The molecule has 13 nitrogen and oxygen atoms in total. The van der Waals surface area contributed by atoms with Gasteiger partial charge in [0, 0.05) is 24.8 Å². The van der Waals surface area contributed by atoms with Gasteiger partial charge in [-0.1, -0.05) is 24.3 Å². The summed E-state index contributed by atoms with van der Waals surface area (Å²) in [6.07, 6.45) is 0.0715. The van der Waals surface area contributed by atoms with Crippen LogP contribution in [0.15, 0.2) is 97.6 Å². The first-order valence-corrected chi connectivity index (χ1v) is 9.42. The largest absolute Gasteiger partial charge is 3.00 e. The Morgan fingerprint density at radius 1 is 0.395 bits per heavy atom. The van der Waals surface area contributed by atoms with Crippen LogP contribution in [0.25, 0.3) is 22.8 Å². The summed E-state index contributed by atoms with van der Waals surface area (Å²) in [4.78, 5) is 41.7. The monoisotopic (exact) mass is 696 g/mol. The van der Waals surface area contributed by atoms with Gasteiger partial charge in [-0.15, -0.1) is 0 Å². The van der Waals surface area contributed by atoms with Gasteiger partial charge in [-0.2, -0.15) is 0 Å². The number of carbonyl (C=O) groups excluding carboxylic acids is 3. The minimum absolute atomic E-state index is 0. The van der Waals surface area contributed by atoms with Gasteiger partial charge in [0.2, 0.25) is 0 Å². The van der Waals surface area contributed by atoms with E-state index in [1.807, 2.05) is 72.8 Å². The van der Waals surface area contributed by atoms with Gasteiger partial charge >= 0.3 is 39.0 Å². The van der Waals surface area contributed by atoms with Crippen LogP contribution in [0.3, 0.4) is 0 Å². The van der Waals surface area contributed by atoms with E-state index in [0.29, 0.717) is 0 Å². The Kier molecular flexibility index (Phi) is 24.5. The maximum absolute atomic E-state index is 8.33. The number of hydrogen-bond acceptors (Lipinski definition) is 13. The van der Waals surface area contributed by atoms with Gasteiger partial charge in [0.05, 0.1) is 22.8 Å². The van der Waals surface area contributed by atoms with Crippen LogP contribution in [-0.4, -0.2) is 38.4 Å². The molecule has 0 aliphatic heterocycles. The summed E-state index contributed by atoms with van der Waals surface area (Å²) < 4.78 is 0. The maximum atomic E-state index is 8.33. The van der Waals surface area contributed by atoms with Crippen molar-refractivity contribution in [2.24, 2.45) is 0 Å². The van der Waals surface area contributed by atoms with Crippen molar-refractivity contribution in [3.8, 4) is 22.8 Å². The Morgan fingerprint density at radius 2 is 0.553 bits per heavy atom. The van der Waals surface area contributed by atoms with E-state index >= 15 is 0 Å². The van der Waals surface area contributed by atoms with E-state index in [1.165, 1.54) is 0 Å². The molecule has 4 rings (SSSR count). The average Bonchev–Trinajstić information content (AvgIpc) is 2.86. The summed E-state index contributed by atoms with van der Waals surface area (Å²) in [6, 6.07) is 23.2. The van der Waals surface area contributed by atoms with Crippen LogP contribution in [0.2, 0.25) is 0 Å². The Hall–Kier alpha value is -4.34.